The number of benzene rings is 2. The Hall–Kier alpha value is -1.64. The molecule has 1 saturated heterocycles. The number of hydrogen-bond donors (Lipinski definition) is 1. The van der Waals surface area contributed by atoms with Crippen molar-refractivity contribution in [3.63, 3.8) is 0 Å². The van der Waals surface area contributed by atoms with Gasteiger partial charge in [0.25, 0.3) is 5.91 Å². The third kappa shape index (κ3) is 4.22. The lowest BCUT2D eigenvalue weighted by Gasteiger charge is -2.34. The molecule has 0 radical (unpaired) electrons. The third-order valence-electron chi connectivity index (χ3n) is 4.89. The number of amides is 1. The van der Waals surface area contributed by atoms with Crippen LogP contribution in [0.25, 0.3) is 0 Å². The molecule has 0 bridgehead atoms. The van der Waals surface area contributed by atoms with E-state index < -0.39 is 16.6 Å². The maximum Gasteiger partial charge on any atom is 0.259 e. The molecule has 1 amide bonds. The van der Waals surface area contributed by atoms with Crippen LogP contribution >= 0.6 is 39.1 Å². The van der Waals surface area contributed by atoms with Crippen molar-refractivity contribution in [2.24, 2.45) is 0 Å². The smallest absolute Gasteiger partial charge is 0.259 e. The van der Waals surface area contributed by atoms with Crippen LogP contribution in [0.2, 0.25) is 10.0 Å². The highest BCUT2D eigenvalue weighted by Gasteiger charge is 2.53. The summed E-state index contributed by atoms with van der Waals surface area (Å²) in [7, 11) is 0. The Morgan fingerprint density at radius 1 is 1.23 bits per heavy atom. The number of halogens is 3. The summed E-state index contributed by atoms with van der Waals surface area (Å²) in [5, 5.41) is 0.801. The van der Waals surface area contributed by atoms with Crippen molar-refractivity contribution in [1.82, 2.24) is 4.90 Å². The van der Waals surface area contributed by atoms with Crippen LogP contribution in [0.5, 0.6) is 0 Å². The summed E-state index contributed by atoms with van der Waals surface area (Å²) < 4.78 is 22.9. The molecule has 2 aromatic carbocycles. The largest absolute Gasteiger partial charge is 0.303 e. The molecule has 30 heavy (non-hydrogen) atoms. The number of nitrogens with zero attached hydrogens (tertiary/aromatic N) is 2. The summed E-state index contributed by atoms with van der Waals surface area (Å²) >= 11 is 13.4. The van der Waals surface area contributed by atoms with Gasteiger partial charge in [0.05, 0.1) is 5.69 Å². The lowest BCUT2D eigenvalue weighted by Crippen LogP contribution is -2.48. The molecule has 2 aromatic rings. The van der Waals surface area contributed by atoms with Gasteiger partial charge in [0.1, 0.15) is 16.4 Å². The molecule has 158 valence electrons. The third-order valence-corrected chi connectivity index (χ3v) is 6.63. The second-order valence-electron chi connectivity index (χ2n) is 6.97. The fourth-order valence-electron chi connectivity index (χ4n) is 3.61. The second-order valence-corrected chi connectivity index (χ2v) is 9.68. The molecule has 1 N–H and O–H groups in total. The van der Waals surface area contributed by atoms with Crippen LogP contribution in [0.1, 0.15) is 19.4 Å². The molecule has 0 spiro atoms. The summed E-state index contributed by atoms with van der Waals surface area (Å²) in [6.45, 7) is 7.42. The Balaban J connectivity index is 2.16. The Bertz CT molecular complexity index is 1050. The van der Waals surface area contributed by atoms with E-state index in [0.717, 1.165) is 10.0 Å². The van der Waals surface area contributed by atoms with E-state index in [2.05, 4.69) is 22.5 Å². The van der Waals surface area contributed by atoms with Crippen LogP contribution in [0.15, 0.2) is 70.4 Å². The average molecular weight is 530 g/mol. The first-order chi connectivity index (χ1) is 14.1. The Kier molecular flexibility index (Phi) is 6.79. The number of anilines is 1. The van der Waals surface area contributed by atoms with E-state index in [1.54, 1.807) is 32.0 Å². The van der Waals surface area contributed by atoms with E-state index in [1.807, 2.05) is 24.3 Å². The van der Waals surface area contributed by atoms with Crippen LogP contribution < -0.4 is 4.90 Å². The first kappa shape index (κ1) is 23.0. The van der Waals surface area contributed by atoms with Crippen molar-refractivity contribution in [3.8, 4) is 0 Å². The van der Waals surface area contributed by atoms with Gasteiger partial charge in [-0.25, -0.2) is 4.21 Å². The maximum atomic E-state index is 13.7. The topological polar surface area (TPSA) is 60.9 Å². The SMILES string of the molecule is C=C1N(c2cc(Cl)cc(Cl)c2)C(=O)[C@@](C)(Cc2ccc(Br)cc2)N1/C(=C\C)S(=O)O. The number of hydrogen-bond acceptors (Lipinski definition) is 3. The minimum absolute atomic E-state index is 0.0728. The van der Waals surface area contributed by atoms with Gasteiger partial charge in [-0.05, 0) is 49.7 Å². The maximum absolute atomic E-state index is 13.7. The van der Waals surface area contributed by atoms with Crippen molar-refractivity contribution < 1.29 is 13.6 Å². The predicted octanol–water partition coefficient (Wildman–Crippen LogP) is 5.96. The van der Waals surface area contributed by atoms with Gasteiger partial charge in [0.15, 0.2) is 0 Å². The van der Waals surface area contributed by atoms with Gasteiger partial charge < -0.3 is 9.45 Å². The fourth-order valence-corrected chi connectivity index (χ4v) is 5.05. The van der Waals surface area contributed by atoms with Crippen molar-refractivity contribution in [3.05, 3.63) is 86.1 Å². The van der Waals surface area contributed by atoms with E-state index in [-0.39, 0.29) is 23.2 Å². The zero-order valence-electron chi connectivity index (χ0n) is 16.2. The van der Waals surface area contributed by atoms with Gasteiger partial charge in [-0.2, -0.15) is 0 Å². The summed E-state index contributed by atoms with van der Waals surface area (Å²) in [5.74, 6) is -0.0630. The summed E-state index contributed by atoms with van der Waals surface area (Å²) in [6, 6.07) is 12.3. The van der Waals surface area contributed by atoms with Crippen LogP contribution in [-0.4, -0.2) is 25.1 Å². The molecular formula is C21H19BrCl2N2O3S. The molecule has 3 rings (SSSR count). The zero-order chi connectivity index (χ0) is 22.2. The Morgan fingerprint density at radius 2 is 1.80 bits per heavy atom. The zero-order valence-corrected chi connectivity index (χ0v) is 20.1. The van der Waals surface area contributed by atoms with Crippen molar-refractivity contribution >= 4 is 61.8 Å². The van der Waals surface area contributed by atoms with E-state index >= 15 is 0 Å². The molecule has 1 unspecified atom stereocenters. The van der Waals surface area contributed by atoms with E-state index in [9.17, 15) is 13.6 Å². The van der Waals surface area contributed by atoms with Gasteiger partial charge in [-0.3, -0.25) is 9.69 Å². The monoisotopic (exact) mass is 528 g/mol. The lowest BCUT2D eigenvalue weighted by atomic mass is 9.91. The van der Waals surface area contributed by atoms with Gasteiger partial charge in [0, 0.05) is 20.9 Å². The van der Waals surface area contributed by atoms with Gasteiger partial charge in [-0.15, -0.1) is 0 Å². The van der Waals surface area contributed by atoms with E-state index in [4.69, 9.17) is 23.2 Å². The molecule has 0 aromatic heterocycles. The molecule has 9 heteroatoms. The minimum Gasteiger partial charge on any atom is -0.303 e. The molecular weight excluding hydrogens is 511 g/mol. The molecule has 5 nitrogen and oxygen atoms in total. The predicted molar refractivity (Wildman–Crippen MR) is 126 cm³/mol. The van der Waals surface area contributed by atoms with Crippen molar-refractivity contribution in [1.29, 1.82) is 0 Å². The molecule has 0 aliphatic carbocycles. The first-order valence-corrected chi connectivity index (χ1v) is 11.6. The summed E-state index contributed by atoms with van der Waals surface area (Å²) in [6.07, 6.45) is 1.79. The highest BCUT2D eigenvalue weighted by molar-refractivity contribution is 9.10. The van der Waals surface area contributed by atoms with Crippen molar-refractivity contribution in [2.45, 2.75) is 25.8 Å². The molecule has 1 aliphatic heterocycles. The standard InChI is InChI=1S/C21H19BrCl2N2O3S/c1-4-19(30(28)29)26-13(2)25(18-10-16(23)9-17(24)11-18)20(27)21(26,3)12-14-5-7-15(22)8-6-14/h4-11H,2,12H2,1,3H3,(H,28,29)/b19-4+/t21-/m1/s1. The normalized spacial score (nSPS) is 20.8. The molecule has 1 fully saturated rings. The minimum atomic E-state index is -2.33. The molecule has 1 heterocycles. The number of carbonyl (C=O) groups is 1. The Labute approximate surface area is 196 Å². The highest BCUT2D eigenvalue weighted by Crippen LogP contribution is 2.43. The van der Waals surface area contributed by atoms with E-state index in [1.165, 1.54) is 15.9 Å². The van der Waals surface area contributed by atoms with Gasteiger partial charge in [-0.1, -0.05) is 63.9 Å². The summed E-state index contributed by atoms with van der Waals surface area (Å²) in [4.78, 5) is 16.6. The molecule has 1 aliphatic rings. The van der Waals surface area contributed by atoms with E-state index in [0.29, 0.717) is 15.7 Å². The van der Waals surface area contributed by atoms with Crippen LogP contribution in [-0.2, 0) is 22.3 Å². The highest BCUT2D eigenvalue weighted by atomic mass is 79.9. The fraction of sp³-hybridized carbons (Fsp3) is 0.190. The second kappa shape index (κ2) is 8.85. The molecule has 0 saturated carbocycles. The number of carbonyl (C=O) groups excluding carboxylic acids is 1. The van der Waals surface area contributed by atoms with Crippen LogP contribution in [0, 0.1) is 0 Å². The first-order valence-electron chi connectivity index (χ1n) is 8.90. The molecule has 2 atom stereocenters. The number of allylic oxidation sites excluding steroid dienone is 1. The van der Waals surface area contributed by atoms with Gasteiger partial charge >= 0.3 is 0 Å². The van der Waals surface area contributed by atoms with Gasteiger partial charge in [0.2, 0.25) is 11.1 Å². The van der Waals surface area contributed by atoms with Crippen LogP contribution in [0.3, 0.4) is 0 Å². The number of rotatable bonds is 5. The van der Waals surface area contributed by atoms with Crippen LogP contribution in [0.4, 0.5) is 5.69 Å². The Morgan fingerprint density at radius 3 is 2.30 bits per heavy atom. The lowest BCUT2D eigenvalue weighted by molar-refractivity contribution is -0.123. The quantitative estimate of drug-likeness (QED) is 0.485. The average Bonchev–Trinajstić information content (AvgIpc) is 2.84. The van der Waals surface area contributed by atoms with Crippen molar-refractivity contribution in [2.75, 3.05) is 4.90 Å². The summed E-state index contributed by atoms with van der Waals surface area (Å²) in [5.41, 5.74) is 0.128.